The first-order chi connectivity index (χ1) is 11.3. The van der Waals surface area contributed by atoms with Gasteiger partial charge in [0.1, 0.15) is 5.82 Å². The summed E-state index contributed by atoms with van der Waals surface area (Å²) in [7, 11) is 0. The summed E-state index contributed by atoms with van der Waals surface area (Å²) in [5.74, 6) is 1.03. The van der Waals surface area contributed by atoms with Crippen molar-refractivity contribution < 1.29 is 0 Å². The summed E-state index contributed by atoms with van der Waals surface area (Å²) in [6, 6.07) is 19.0. The number of nitrogens with zero attached hydrogens (tertiary/aromatic N) is 2. The number of benzene rings is 2. The lowest BCUT2D eigenvalue weighted by atomic mass is 10.1. The van der Waals surface area contributed by atoms with E-state index < -0.39 is 0 Å². The van der Waals surface area contributed by atoms with Gasteiger partial charge in [-0.3, -0.25) is 0 Å². The Labute approximate surface area is 138 Å². The standard InChI is InChI=1S/C20H25N3/c1-2-9-17(21)20-22-18-13-6-7-14-19(18)23(20)15-8-12-16-10-4-3-5-11-16/h3-7,10-11,13-14,17H,2,8-9,12,15,21H2,1H3. The number of hydrogen-bond acceptors (Lipinski definition) is 2. The van der Waals surface area contributed by atoms with Crippen LogP contribution in [-0.4, -0.2) is 9.55 Å². The third-order valence-corrected chi connectivity index (χ3v) is 4.31. The van der Waals surface area contributed by atoms with Gasteiger partial charge in [-0.15, -0.1) is 0 Å². The second-order valence-electron chi connectivity index (χ2n) is 6.09. The summed E-state index contributed by atoms with van der Waals surface area (Å²) < 4.78 is 2.32. The van der Waals surface area contributed by atoms with E-state index in [4.69, 9.17) is 10.7 Å². The van der Waals surface area contributed by atoms with Crippen LogP contribution in [0.25, 0.3) is 11.0 Å². The minimum Gasteiger partial charge on any atom is -0.327 e. The van der Waals surface area contributed by atoms with Crippen molar-refractivity contribution in [3.63, 3.8) is 0 Å². The fourth-order valence-corrected chi connectivity index (χ4v) is 3.14. The van der Waals surface area contributed by atoms with Crippen LogP contribution in [0.5, 0.6) is 0 Å². The summed E-state index contributed by atoms with van der Waals surface area (Å²) in [5.41, 5.74) is 10.0. The van der Waals surface area contributed by atoms with Crippen LogP contribution in [0.3, 0.4) is 0 Å². The van der Waals surface area contributed by atoms with Crippen LogP contribution >= 0.6 is 0 Å². The molecule has 1 atom stereocenters. The minimum absolute atomic E-state index is 0.0177. The lowest BCUT2D eigenvalue weighted by Crippen LogP contribution is -2.17. The van der Waals surface area contributed by atoms with Gasteiger partial charge in [-0.25, -0.2) is 4.98 Å². The molecule has 0 saturated carbocycles. The van der Waals surface area contributed by atoms with Gasteiger partial charge < -0.3 is 10.3 Å². The van der Waals surface area contributed by atoms with Crippen molar-refractivity contribution >= 4 is 11.0 Å². The van der Waals surface area contributed by atoms with Gasteiger partial charge in [0, 0.05) is 6.54 Å². The van der Waals surface area contributed by atoms with Gasteiger partial charge in [0.05, 0.1) is 17.1 Å². The molecule has 2 aromatic carbocycles. The Bertz CT molecular complexity index is 746. The molecule has 3 nitrogen and oxygen atoms in total. The lowest BCUT2D eigenvalue weighted by molar-refractivity contribution is 0.544. The van der Waals surface area contributed by atoms with E-state index in [0.29, 0.717) is 0 Å². The van der Waals surface area contributed by atoms with E-state index in [0.717, 1.165) is 43.6 Å². The van der Waals surface area contributed by atoms with Crippen LogP contribution in [0, 0.1) is 0 Å². The molecule has 0 fully saturated rings. The number of para-hydroxylation sites is 2. The molecule has 3 heteroatoms. The van der Waals surface area contributed by atoms with Crippen molar-refractivity contribution in [2.24, 2.45) is 5.73 Å². The Kier molecular flexibility index (Phi) is 5.09. The summed E-state index contributed by atoms with van der Waals surface area (Å²) in [6.07, 6.45) is 4.22. The molecule has 0 aliphatic rings. The average Bonchev–Trinajstić information content (AvgIpc) is 2.95. The normalized spacial score (nSPS) is 12.6. The Morgan fingerprint density at radius 1 is 1.04 bits per heavy atom. The number of nitrogens with two attached hydrogens (primary N) is 1. The topological polar surface area (TPSA) is 43.8 Å². The first kappa shape index (κ1) is 15.8. The first-order valence-electron chi connectivity index (χ1n) is 8.54. The highest BCUT2D eigenvalue weighted by Gasteiger charge is 2.15. The van der Waals surface area contributed by atoms with Crippen molar-refractivity contribution in [3.8, 4) is 0 Å². The quantitative estimate of drug-likeness (QED) is 0.700. The molecular formula is C20H25N3. The maximum Gasteiger partial charge on any atom is 0.126 e. The van der Waals surface area contributed by atoms with Gasteiger partial charge in [-0.05, 0) is 37.0 Å². The molecule has 0 bridgehead atoms. The summed E-state index contributed by atoms with van der Waals surface area (Å²) in [5, 5.41) is 0. The molecule has 1 unspecified atom stereocenters. The van der Waals surface area contributed by atoms with Crippen LogP contribution in [0.15, 0.2) is 54.6 Å². The minimum atomic E-state index is 0.0177. The first-order valence-corrected chi connectivity index (χ1v) is 8.54. The molecule has 3 rings (SSSR count). The predicted octanol–water partition coefficient (Wildman–Crippen LogP) is 4.47. The molecule has 0 amide bonds. The SMILES string of the molecule is CCCC(N)c1nc2ccccc2n1CCCc1ccccc1. The molecule has 1 aromatic heterocycles. The van der Waals surface area contributed by atoms with Crippen molar-refractivity contribution in [1.29, 1.82) is 0 Å². The van der Waals surface area contributed by atoms with Crippen molar-refractivity contribution in [2.75, 3.05) is 0 Å². The molecule has 0 radical (unpaired) electrons. The van der Waals surface area contributed by atoms with E-state index in [1.54, 1.807) is 0 Å². The van der Waals surface area contributed by atoms with E-state index in [-0.39, 0.29) is 6.04 Å². The molecular weight excluding hydrogens is 282 g/mol. The van der Waals surface area contributed by atoms with E-state index in [9.17, 15) is 0 Å². The Morgan fingerprint density at radius 2 is 1.78 bits per heavy atom. The Morgan fingerprint density at radius 3 is 2.57 bits per heavy atom. The molecule has 2 N–H and O–H groups in total. The zero-order valence-electron chi connectivity index (χ0n) is 13.8. The highest BCUT2D eigenvalue weighted by Crippen LogP contribution is 2.23. The molecule has 0 aliphatic carbocycles. The highest BCUT2D eigenvalue weighted by molar-refractivity contribution is 5.76. The van der Waals surface area contributed by atoms with E-state index in [1.165, 1.54) is 11.1 Å². The fourth-order valence-electron chi connectivity index (χ4n) is 3.14. The zero-order chi connectivity index (χ0) is 16.1. The summed E-state index contributed by atoms with van der Waals surface area (Å²) in [4.78, 5) is 4.79. The largest absolute Gasteiger partial charge is 0.327 e. The molecule has 1 heterocycles. The molecule has 0 spiro atoms. The second kappa shape index (κ2) is 7.42. The second-order valence-corrected chi connectivity index (χ2v) is 6.09. The van der Waals surface area contributed by atoms with E-state index in [1.807, 2.05) is 6.07 Å². The Hall–Kier alpha value is -2.13. The highest BCUT2D eigenvalue weighted by atomic mass is 15.1. The van der Waals surface area contributed by atoms with Crippen LogP contribution in [0.1, 0.15) is 43.6 Å². The maximum absolute atomic E-state index is 6.37. The van der Waals surface area contributed by atoms with Gasteiger partial charge in [0.15, 0.2) is 0 Å². The number of rotatable bonds is 7. The number of aromatic nitrogens is 2. The van der Waals surface area contributed by atoms with Crippen LogP contribution < -0.4 is 5.73 Å². The van der Waals surface area contributed by atoms with Gasteiger partial charge in [0.2, 0.25) is 0 Å². The summed E-state index contributed by atoms with van der Waals surface area (Å²) in [6.45, 7) is 3.13. The monoisotopic (exact) mass is 307 g/mol. The van der Waals surface area contributed by atoms with Gasteiger partial charge in [0.25, 0.3) is 0 Å². The Balaban J connectivity index is 1.81. The van der Waals surface area contributed by atoms with Crippen molar-refractivity contribution in [2.45, 2.75) is 45.2 Å². The average molecular weight is 307 g/mol. The number of hydrogen-bond donors (Lipinski definition) is 1. The summed E-state index contributed by atoms with van der Waals surface area (Å²) >= 11 is 0. The van der Waals surface area contributed by atoms with Crippen LogP contribution in [0.2, 0.25) is 0 Å². The maximum atomic E-state index is 6.37. The third kappa shape index (κ3) is 3.62. The van der Waals surface area contributed by atoms with Crippen LogP contribution in [0.4, 0.5) is 0 Å². The van der Waals surface area contributed by atoms with E-state index in [2.05, 4.69) is 60.0 Å². The van der Waals surface area contributed by atoms with E-state index >= 15 is 0 Å². The number of fused-ring (bicyclic) bond motifs is 1. The lowest BCUT2D eigenvalue weighted by Gasteiger charge is -2.14. The zero-order valence-corrected chi connectivity index (χ0v) is 13.8. The van der Waals surface area contributed by atoms with Crippen molar-refractivity contribution in [3.05, 3.63) is 66.0 Å². The van der Waals surface area contributed by atoms with Crippen LogP contribution in [-0.2, 0) is 13.0 Å². The molecule has 3 aromatic rings. The molecule has 23 heavy (non-hydrogen) atoms. The third-order valence-electron chi connectivity index (χ3n) is 4.31. The molecule has 0 aliphatic heterocycles. The van der Waals surface area contributed by atoms with Crippen molar-refractivity contribution in [1.82, 2.24) is 9.55 Å². The fraction of sp³-hybridized carbons (Fsp3) is 0.350. The smallest absolute Gasteiger partial charge is 0.126 e. The van der Waals surface area contributed by atoms with Gasteiger partial charge >= 0.3 is 0 Å². The van der Waals surface area contributed by atoms with Gasteiger partial charge in [-0.2, -0.15) is 0 Å². The predicted molar refractivity (Wildman–Crippen MR) is 96.3 cm³/mol. The molecule has 120 valence electrons. The molecule has 0 saturated heterocycles. The number of imidazole rings is 1. The number of aryl methyl sites for hydroxylation is 2. The van der Waals surface area contributed by atoms with Gasteiger partial charge in [-0.1, -0.05) is 55.8 Å².